The lowest BCUT2D eigenvalue weighted by Gasteiger charge is -2.27. The van der Waals surface area contributed by atoms with Crippen molar-refractivity contribution in [2.75, 3.05) is 6.54 Å². The molecular weight excluding hydrogens is 397 g/mol. The van der Waals surface area contributed by atoms with Gasteiger partial charge in [-0.3, -0.25) is 14.5 Å². The summed E-state index contributed by atoms with van der Waals surface area (Å²) in [4.78, 5) is 40.3. The van der Waals surface area contributed by atoms with Gasteiger partial charge < -0.3 is 9.88 Å². The molecule has 2 heterocycles. The highest BCUT2D eigenvalue weighted by molar-refractivity contribution is 6.11. The van der Waals surface area contributed by atoms with Crippen molar-refractivity contribution in [1.29, 1.82) is 0 Å². The number of ketones is 1. The van der Waals surface area contributed by atoms with Crippen LogP contribution in [-0.4, -0.2) is 33.7 Å². The maximum Gasteiger partial charge on any atom is 0.325 e. The lowest BCUT2D eigenvalue weighted by molar-refractivity contribution is -0.131. The van der Waals surface area contributed by atoms with Gasteiger partial charge in [0, 0.05) is 23.5 Å². The Morgan fingerprint density at radius 2 is 1.77 bits per heavy atom. The molecule has 0 aliphatic carbocycles. The van der Waals surface area contributed by atoms with Crippen LogP contribution < -0.4 is 5.32 Å². The number of benzene rings is 1. The summed E-state index contributed by atoms with van der Waals surface area (Å²) in [6, 6.07) is 6.81. The fourth-order valence-electron chi connectivity index (χ4n) is 4.34. The summed E-state index contributed by atoms with van der Waals surface area (Å²) in [5.74, 6) is -1.15. The van der Waals surface area contributed by atoms with Gasteiger partial charge in [0.05, 0.1) is 6.54 Å². The Labute approximate surface area is 182 Å². The van der Waals surface area contributed by atoms with Crippen LogP contribution in [0.4, 0.5) is 9.18 Å². The Kier molecular flexibility index (Phi) is 6.62. The molecule has 1 aliphatic rings. The van der Waals surface area contributed by atoms with Crippen LogP contribution in [0, 0.1) is 19.7 Å². The molecule has 166 valence electrons. The van der Waals surface area contributed by atoms with E-state index >= 15 is 0 Å². The Bertz CT molecular complexity index is 996. The largest absolute Gasteiger partial charge is 0.348 e. The Hall–Kier alpha value is -2.96. The number of carbonyl (C=O) groups is 3. The number of hydrogen-bond acceptors (Lipinski definition) is 3. The summed E-state index contributed by atoms with van der Waals surface area (Å²) >= 11 is 0. The van der Waals surface area contributed by atoms with Crippen molar-refractivity contribution in [2.24, 2.45) is 0 Å². The molecular formula is C24H30FN3O3. The van der Waals surface area contributed by atoms with E-state index in [2.05, 4.69) is 16.8 Å². The predicted octanol–water partition coefficient (Wildman–Crippen LogP) is 4.47. The minimum Gasteiger partial charge on any atom is -0.348 e. The molecule has 1 fully saturated rings. The minimum atomic E-state index is -1.28. The van der Waals surface area contributed by atoms with Gasteiger partial charge in [0.25, 0.3) is 5.91 Å². The zero-order valence-electron chi connectivity index (χ0n) is 18.6. The van der Waals surface area contributed by atoms with Crippen LogP contribution in [0.2, 0.25) is 0 Å². The molecule has 0 spiro atoms. The molecule has 7 heteroatoms. The van der Waals surface area contributed by atoms with Crippen LogP contribution in [0.3, 0.4) is 0 Å². The van der Waals surface area contributed by atoms with E-state index in [0.29, 0.717) is 24.0 Å². The molecule has 1 aromatic carbocycles. The van der Waals surface area contributed by atoms with Crippen LogP contribution in [0.25, 0.3) is 0 Å². The number of hydrogen-bond donors (Lipinski definition) is 1. The van der Waals surface area contributed by atoms with Gasteiger partial charge in [-0.15, -0.1) is 0 Å². The van der Waals surface area contributed by atoms with E-state index in [1.807, 2.05) is 26.8 Å². The predicted molar refractivity (Wildman–Crippen MR) is 116 cm³/mol. The number of urea groups is 1. The van der Waals surface area contributed by atoms with Gasteiger partial charge in [0.1, 0.15) is 11.4 Å². The van der Waals surface area contributed by atoms with Crippen LogP contribution >= 0.6 is 0 Å². The molecule has 6 nitrogen and oxygen atoms in total. The topological polar surface area (TPSA) is 71.4 Å². The molecule has 0 bridgehead atoms. The van der Waals surface area contributed by atoms with Crippen LogP contribution in [0.1, 0.15) is 66.8 Å². The fourth-order valence-corrected chi connectivity index (χ4v) is 4.34. The Morgan fingerprint density at radius 3 is 2.39 bits per heavy atom. The molecule has 1 saturated heterocycles. The molecule has 1 N–H and O–H groups in total. The molecule has 31 heavy (non-hydrogen) atoms. The molecule has 1 aliphatic heterocycles. The normalized spacial score (nSPS) is 18.5. The van der Waals surface area contributed by atoms with E-state index in [9.17, 15) is 18.8 Å². The van der Waals surface area contributed by atoms with Gasteiger partial charge in [0.15, 0.2) is 5.78 Å². The summed E-state index contributed by atoms with van der Waals surface area (Å²) in [6.07, 6.45) is 2.85. The van der Waals surface area contributed by atoms with Crippen molar-refractivity contribution in [1.82, 2.24) is 14.8 Å². The standard InChI is InChI=1S/C24H30FN3O3/c1-5-7-12-24(18-8-10-19(25)11-9-18)22(30)28(23(31)26-24)15-21(29)20-14-16(3)27(13-6-2)17(20)4/h8-11,14H,5-7,12-13,15H2,1-4H3,(H,26,31)/t24-/m1/s1. The number of nitrogens with zero attached hydrogens (tertiary/aromatic N) is 2. The van der Waals surface area contributed by atoms with Crippen LogP contribution in [-0.2, 0) is 16.9 Å². The number of aromatic nitrogens is 1. The van der Waals surface area contributed by atoms with Crippen molar-refractivity contribution in [3.8, 4) is 0 Å². The lowest BCUT2D eigenvalue weighted by atomic mass is 9.84. The first kappa shape index (κ1) is 22.7. The number of carbonyl (C=O) groups excluding carboxylic acids is 3. The molecule has 0 saturated carbocycles. The Balaban J connectivity index is 1.90. The number of amides is 3. The van der Waals surface area contributed by atoms with E-state index in [4.69, 9.17) is 0 Å². The van der Waals surface area contributed by atoms with Gasteiger partial charge >= 0.3 is 6.03 Å². The molecule has 1 atom stereocenters. The van der Waals surface area contributed by atoms with Crippen molar-refractivity contribution < 1.29 is 18.8 Å². The van der Waals surface area contributed by atoms with Crippen molar-refractivity contribution >= 4 is 17.7 Å². The first-order valence-electron chi connectivity index (χ1n) is 10.8. The summed E-state index contributed by atoms with van der Waals surface area (Å²) < 4.78 is 15.5. The quantitative estimate of drug-likeness (QED) is 0.474. The van der Waals surface area contributed by atoms with Crippen LogP contribution in [0.5, 0.6) is 0 Å². The summed E-state index contributed by atoms with van der Waals surface area (Å²) in [5.41, 5.74) is 1.59. The first-order chi connectivity index (χ1) is 14.7. The highest BCUT2D eigenvalue weighted by atomic mass is 19.1. The third-order valence-electron chi connectivity index (χ3n) is 6.04. The van der Waals surface area contributed by atoms with Crippen molar-refractivity contribution in [3.63, 3.8) is 0 Å². The average molecular weight is 428 g/mol. The average Bonchev–Trinajstić information content (AvgIpc) is 3.16. The molecule has 2 aromatic rings. The van der Waals surface area contributed by atoms with Gasteiger partial charge in [-0.25, -0.2) is 9.18 Å². The van der Waals surface area contributed by atoms with E-state index in [1.54, 1.807) is 0 Å². The Morgan fingerprint density at radius 1 is 1.10 bits per heavy atom. The van der Waals surface area contributed by atoms with Crippen LogP contribution in [0.15, 0.2) is 30.3 Å². The molecule has 0 unspecified atom stereocenters. The molecule has 0 radical (unpaired) electrons. The SMILES string of the molecule is CCCC[C@]1(c2ccc(F)cc2)NC(=O)N(CC(=O)c2cc(C)n(CCC)c2C)C1=O. The van der Waals surface area contributed by atoms with Crippen molar-refractivity contribution in [2.45, 2.75) is 65.5 Å². The summed E-state index contributed by atoms with van der Waals surface area (Å²) in [5, 5.41) is 2.80. The molecule has 3 rings (SSSR count). The summed E-state index contributed by atoms with van der Waals surface area (Å²) in [7, 11) is 0. The number of nitrogens with one attached hydrogen (secondary N) is 1. The maximum absolute atomic E-state index is 13.5. The monoisotopic (exact) mass is 427 g/mol. The fraction of sp³-hybridized carbons (Fsp3) is 0.458. The van der Waals surface area contributed by atoms with E-state index in [1.165, 1.54) is 24.3 Å². The third kappa shape index (κ3) is 4.13. The maximum atomic E-state index is 13.5. The third-order valence-corrected chi connectivity index (χ3v) is 6.04. The second-order valence-corrected chi connectivity index (χ2v) is 8.20. The van der Waals surface area contributed by atoms with Gasteiger partial charge in [0.2, 0.25) is 0 Å². The zero-order chi connectivity index (χ0) is 22.8. The smallest absolute Gasteiger partial charge is 0.325 e. The van der Waals surface area contributed by atoms with Crippen molar-refractivity contribution in [3.05, 3.63) is 58.7 Å². The van der Waals surface area contributed by atoms with Gasteiger partial charge in [-0.05, 0) is 50.5 Å². The van der Waals surface area contributed by atoms with Gasteiger partial charge in [-0.2, -0.15) is 0 Å². The van der Waals surface area contributed by atoms with Gasteiger partial charge in [-0.1, -0.05) is 38.8 Å². The summed E-state index contributed by atoms with van der Waals surface area (Å²) in [6.45, 7) is 8.37. The lowest BCUT2D eigenvalue weighted by Crippen LogP contribution is -2.44. The highest BCUT2D eigenvalue weighted by Gasteiger charge is 2.52. The number of halogens is 1. The zero-order valence-corrected chi connectivity index (χ0v) is 18.6. The molecule has 1 aromatic heterocycles. The number of aryl methyl sites for hydroxylation is 1. The second kappa shape index (κ2) is 9.04. The number of unbranched alkanes of at least 4 members (excludes halogenated alkanes) is 1. The van der Waals surface area contributed by atoms with E-state index < -0.39 is 23.3 Å². The van der Waals surface area contributed by atoms with E-state index in [0.717, 1.165) is 35.7 Å². The number of imide groups is 1. The second-order valence-electron chi connectivity index (χ2n) is 8.20. The molecule has 3 amide bonds. The minimum absolute atomic E-state index is 0.274. The number of Topliss-reactive ketones (excluding diaryl/α,β-unsaturated/α-hetero) is 1. The first-order valence-corrected chi connectivity index (χ1v) is 10.8. The van der Waals surface area contributed by atoms with E-state index in [-0.39, 0.29) is 12.3 Å². The number of rotatable bonds is 9. The highest BCUT2D eigenvalue weighted by Crippen LogP contribution is 2.34.